The Labute approximate surface area is 106 Å². The summed E-state index contributed by atoms with van der Waals surface area (Å²) in [6.07, 6.45) is 0. The summed E-state index contributed by atoms with van der Waals surface area (Å²) in [6, 6.07) is 1.60. The van der Waals surface area contributed by atoms with Gasteiger partial charge in [-0.05, 0) is 33.8 Å². The van der Waals surface area contributed by atoms with Gasteiger partial charge in [-0.25, -0.2) is 9.97 Å². The highest BCUT2D eigenvalue weighted by atomic mass is 35.5. The molecule has 7 heteroatoms. The highest BCUT2D eigenvalue weighted by Crippen LogP contribution is 2.36. The highest BCUT2D eigenvalue weighted by molar-refractivity contribution is 6.61. The summed E-state index contributed by atoms with van der Waals surface area (Å²) in [5, 5.41) is 0.280. The van der Waals surface area contributed by atoms with Gasteiger partial charge in [-0.3, -0.25) is 0 Å². The van der Waals surface area contributed by atoms with E-state index in [1.54, 1.807) is 6.07 Å². The van der Waals surface area contributed by atoms with Crippen LogP contribution in [0.15, 0.2) is 6.07 Å². The zero-order valence-electron chi connectivity index (χ0n) is 10.3. The summed E-state index contributed by atoms with van der Waals surface area (Å²) < 4.78 is 11.7. The van der Waals surface area contributed by atoms with Gasteiger partial charge in [0, 0.05) is 0 Å². The number of nitrogens with two attached hydrogens (primary N) is 1. The van der Waals surface area contributed by atoms with E-state index in [1.807, 2.05) is 27.7 Å². The van der Waals surface area contributed by atoms with E-state index in [-0.39, 0.29) is 11.1 Å². The molecule has 0 saturated carbocycles. The van der Waals surface area contributed by atoms with Gasteiger partial charge < -0.3 is 15.0 Å². The molecule has 1 fully saturated rings. The van der Waals surface area contributed by atoms with Gasteiger partial charge >= 0.3 is 7.12 Å². The lowest BCUT2D eigenvalue weighted by molar-refractivity contribution is 0.00578. The molecule has 2 heterocycles. The van der Waals surface area contributed by atoms with Crippen molar-refractivity contribution in [1.82, 2.24) is 9.97 Å². The summed E-state index contributed by atoms with van der Waals surface area (Å²) in [5.74, 6) is 0.113. The largest absolute Gasteiger partial charge is 0.514 e. The molecule has 0 aromatic carbocycles. The number of nitrogens with zero attached hydrogens (tertiary/aromatic N) is 2. The lowest BCUT2D eigenvalue weighted by Gasteiger charge is -2.32. The molecule has 0 unspecified atom stereocenters. The van der Waals surface area contributed by atoms with Gasteiger partial charge in [0.2, 0.25) is 5.95 Å². The second kappa shape index (κ2) is 3.83. The van der Waals surface area contributed by atoms with Crippen molar-refractivity contribution in [3.8, 4) is 0 Å². The summed E-state index contributed by atoms with van der Waals surface area (Å²) in [7, 11) is -0.567. The molecule has 1 saturated heterocycles. The Balaban J connectivity index is 2.32. The van der Waals surface area contributed by atoms with E-state index in [9.17, 15) is 0 Å². The Hall–Kier alpha value is -0.845. The summed E-state index contributed by atoms with van der Waals surface area (Å²) in [4.78, 5) is 7.88. The Kier molecular flexibility index (Phi) is 2.84. The number of hydrogen-bond donors (Lipinski definition) is 1. The second-order valence-corrected chi connectivity index (χ2v) is 5.45. The maximum absolute atomic E-state index is 5.83. The van der Waals surface area contributed by atoms with E-state index in [2.05, 4.69) is 9.97 Å². The molecule has 0 atom stereocenters. The van der Waals surface area contributed by atoms with E-state index in [0.29, 0.717) is 5.59 Å². The van der Waals surface area contributed by atoms with Crippen LogP contribution in [0.4, 0.5) is 5.95 Å². The maximum atomic E-state index is 5.83. The van der Waals surface area contributed by atoms with Crippen LogP contribution in [0, 0.1) is 0 Å². The molecule has 0 aliphatic carbocycles. The fourth-order valence-electron chi connectivity index (χ4n) is 1.54. The van der Waals surface area contributed by atoms with Crippen LogP contribution in [-0.4, -0.2) is 28.3 Å². The third-order valence-corrected chi connectivity index (χ3v) is 3.42. The molecule has 1 aliphatic rings. The molecule has 2 rings (SSSR count). The minimum absolute atomic E-state index is 0.113. The Morgan fingerprint density at radius 1 is 1.18 bits per heavy atom. The zero-order chi connectivity index (χ0) is 12.8. The third-order valence-electron chi connectivity index (χ3n) is 3.23. The second-order valence-electron chi connectivity index (χ2n) is 5.06. The van der Waals surface area contributed by atoms with Crippen LogP contribution in [0.25, 0.3) is 0 Å². The summed E-state index contributed by atoms with van der Waals surface area (Å²) in [5.41, 5.74) is 5.26. The van der Waals surface area contributed by atoms with Crippen LogP contribution in [0.3, 0.4) is 0 Å². The number of anilines is 1. The van der Waals surface area contributed by atoms with Gasteiger partial charge in [0.05, 0.1) is 16.8 Å². The van der Waals surface area contributed by atoms with E-state index >= 15 is 0 Å². The average Bonchev–Trinajstić information content (AvgIpc) is 2.34. The first-order valence-electron chi connectivity index (χ1n) is 5.37. The van der Waals surface area contributed by atoms with Gasteiger partial charge in [0.1, 0.15) is 5.15 Å². The number of aromatic nitrogens is 2. The van der Waals surface area contributed by atoms with E-state index in [1.165, 1.54) is 0 Å². The quantitative estimate of drug-likeness (QED) is 0.599. The van der Waals surface area contributed by atoms with Gasteiger partial charge in [-0.15, -0.1) is 0 Å². The molecule has 2 N–H and O–H groups in total. The monoisotopic (exact) mass is 255 g/mol. The first kappa shape index (κ1) is 12.6. The van der Waals surface area contributed by atoms with Crippen molar-refractivity contribution >= 4 is 30.3 Å². The van der Waals surface area contributed by atoms with Crippen LogP contribution in [0.2, 0.25) is 5.15 Å². The van der Waals surface area contributed by atoms with Crippen LogP contribution in [-0.2, 0) is 9.31 Å². The van der Waals surface area contributed by atoms with Crippen molar-refractivity contribution in [2.24, 2.45) is 0 Å². The molecule has 0 amide bonds. The predicted octanol–water partition coefficient (Wildman–Crippen LogP) is 1.01. The topological polar surface area (TPSA) is 70.3 Å². The normalized spacial score (nSPS) is 21.8. The van der Waals surface area contributed by atoms with Gasteiger partial charge in [-0.2, -0.15) is 0 Å². The minimum Gasteiger partial charge on any atom is -0.398 e. The zero-order valence-corrected chi connectivity index (χ0v) is 11.1. The van der Waals surface area contributed by atoms with E-state index in [4.69, 9.17) is 26.6 Å². The van der Waals surface area contributed by atoms with Crippen molar-refractivity contribution in [2.75, 3.05) is 5.73 Å². The van der Waals surface area contributed by atoms with E-state index < -0.39 is 18.3 Å². The van der Waals surface area contributed by atoms with Gasteiger partial charge in [-0.1, -0.05) is 11.6 Å². The Morgan fingerprint density at radius 3 is 2.18 bits per heavy atom. The number of hydrogen-bond acceptors (Lipinski definition) is 5. The SMILES string of the molecule is CC1(C)OB(c2cc(Cl)nc(N)n2)OC1(C)C. The molecule has 17 heavy (non-hydrogen) atoms. The Morgan fingerprint density at radius 2 is 1.71 bits per heavy atom. The number of halogens is 1. The Bertz CT molecular complexity index is 417. The number of rotatable bonds is 1. The molecular formula is C10H15BClN3O2. The van der Waals surface area contributed by atoms with Crippen molar-refractivity contribution in [2.45, 2.75) is 38.9 Å². The fourth-order valence-corrected chi connectivity index (χ4v) is 1.74. The van der Waals surface area contributed by atoms with Crippen LogP contribution < -0.4 is 11.3 Å². The van der Waals surface area contributed by atoms with Crippen molar-refractivity contribution in [3.63, 3.8) is 0 Å². The minimum atomic E-state index is -0.567. The standard InChI is InChI=1S/C10H15BClN3O2/c1-9(2)10(3,4)17-11(16-9)6-5-7(12)15-8(13)14-6/h5H,1-4H3,(H2,13,14,15). The van der Waals surface area contributed by atoms with Crippen LogP contribution in [0.1, 0.15) is 27.7 Å². The maximum Gasteiger partial charge on any atom is 0.514 e. The molecule has 0 spiro atoms. The summed E-state index contributed by atoms with van der Waals surface area (Å²) >= 11 is 5.83. The van der Waals surface area contributed by atoms with Crippen molar-refractivity contribution < 1.29 is 9.31 Å². The molecule has 92 valence electrons. The van der Waals surface area contributed by atoms with Crippen molar-refractivity contribution in [3.05, 3.63) is 11.2 Å². The third kappa shape index (κ3) is 2.25. The predicted molar refractivity (Wildman–Crippen MR) is 67.2 cm³/mol. The van der Waals surface area contributed by atoms with Crippen LogP contribution in [0.5, 0.6) is 0 Å². The fraction of sp³-hybridized carbons (Fsp3) is 0.600. The smallest absolute Gasteiger partial charge is 0.398 e. The molecular weight excluding hydrogens is 240 g/mol. The van der Waals surface area contributed by atoms with Gasteiger partial charge in [0.25, 0.3) is 0 Å². The molecule has 1 aromatic heterocycles. The molecule has 1 aliphatic heterocycles. The molecule has 0 bridgehead atoms. The molecule has 5 nitrogen and oxygen atoms in total. The molecule has 0 radical (unpaired) electrons. The van der Waals surface area contributed by atoms with E-state index in [0.717, 1.165) is 0 Å². The summed E-state index contributed by atoms with van der Waals surface area (Å²) in [6.45, 7) is 7.89. The van der Waals surface area contributed by atoms with Crippen LogP contribution >= 0.6 is 11.6 Å². The van der Waals surface area contributed by atoms with Crippen molar-refractivity contribution in [1.29, 1.82) is 0 Å². The number of nitrogen functional groups attached to an aromatic ring is 1. The first-order valence-corrected chi connectivity index (χ1v) is 5.75. The van der Waals surface area contributed by atoms with Gasteiger partial charge in [0.15, 0.2) is 0 Å². The average molecular weight is 256 g/mol. The molecule has 1 aromatic rings. The first-order chi connectivity index (χ1) is 7.71. The highest BCUT2D eigenvalue weighted by Gasteiger charge is 2.52. The lowest BCUT2D eigenvalue weighted by Crippen LogP contribution is -2.41. The lowest BCUT2D eigenvalue weighted by atomic mass is 9.84.